The van der Waals surface area contributed by atoms with Crippen LogP contribution in [0.25, 0.3) is 0 Å². The molecule has 0 spiro atoms. The first-order valence-corrected chi connectivity index (χ1v) is 6.50. The Morgan fingerprint density at radius 2 is 1.71 bits per heavy atom. The topological polar surface area (TPSA) is 62.7 Å². The number of hydrogen-bond acceptors (Lipinski definition) is 3. The smallest absolute Gasteiger partial charge is 0.339 e. The predicted octanol–water partition coefficient (Wildman–Crippen LogP) is 3.24. The molecule has 0 aromatic heterocycles. The van der Waals surface area contributed by atoms with E-state index in [0.29, 0.717) is 17.1 Å². The van der Waals surface area contributed by atoms with Crippen LogP contribution in [-0.2, 0) is 0 Å². The summed E-state index contributed by atoms with van der Waals surface area (Å²) in [7, 11) is 1.60. The van der Waals surface area contributed by atoms with Crippen LogP contribution in [0.3, 0.4) is 0 Å². The summed E-state index contributed by atoms with van der Waals surface area (Å²) in [5.74, 6) is 0.712. The van der Waals surface area contributed by atoms with Gasteiger partial charge in [-0.05, 0) is 31.2 Å². The Hall–Kier alpha value is -2.82. The predicted molar refractivity (Wildman–Crippen MR) is 83.8 cm³/mol. The van der Waals surface area contributed by atoms with Gasteiger partial charge in [-0.2, -0.15) is 5.10 Å². The number of hydrogen-bond donors (Lipinski definition) is 2. The molecule has 2 aromatic rings. The van der Waals surface area contributed by atoms with Crippen molar-refractivity contribution in [3.05, 3.63) is 60.2 Å². The first kappa shape index (κ1) is 14.6. The molecular formula is C16H17N3O2. The molecule has 2 amide bonds. The second-order valence-corrected chi connectivity index (χ2v) is 4.33. The molecule has 0 saturated heterocycles. The van der Waals surface area contributed by atoms with Crippen LogP contribution in [-0.4, -0.2) is 18.9 Å². The van der Waals surface area contributed by atoms with Crippen molar-refractivity contribution in [2.75, 3.05) is 12.4 Å². The fraction of sp³-hybridized carbons (Fsp3) is 0.125. The van der Waals surface area contributed by atoms with E-state index in [4.69, 9.17) is 4.74 Å². The van der Waals surface area contributed by atoms with Crippen molar-refractivity contribution in [3.63, 3.8) is 0 Å². The van der Waals surface area contributed by atoms with Gasteiger partial charge in [0.1, 0.15) is 5.75 Å². The third-order valence-corrected chi connectivity index (χ3v) is 2.85. The summed E-state index contributed by atoms with van der Waals surface area (Å²) in [4.78, 5) is 11.7. The van der Waals surface area contributed by atoms with Gasteiger partial charge in [0.25, 0.3) is 0 Å². The highest BCUT2D eigenvalue weighted by Crippen LogP contribution is 2.17. The van der Waals surface area contributed by atoms with Crippen molar-refractivity contribution in [2.45, 2.75) is 6.92 Å². The minimum atomic E-state index is -0.393. The fourth-order valence-electron chi connectivity index (χ4n) is 1.82. The number of rotatable bonds is 4. The molecule has 0 bridgehead atoms. The maximum Gasteiger partial charge on any atom is 0.339 e. The van der Waals surface area contributed by atoms with Crippen LogP contribution in [0.4, 0.5) is 10.5 Å². The minimum absolute atomic E-state index is 0.393. The van der Waals surface area contributed by atoms with E-state index in [1.807, 2.05) is 42.5 Å². The normalized spacial score (nSPS) is 10.9. The Labute approximate surface area is 123 Å². The van der Waals surface area contributed by atoms with E-state index < -0.39 is 6.03 Å². The minimum Gasteiger partial charge on any atom is -0.496 e. The molecule has 0 radical (unpaired) electrons. The molecule has 0 saturated carbocycles. The monoisotopic (exact) mass is 283 g/mol. The second-order valence-electron chi connectivity index (χ2n) is 4.33. The number of carbonyl (C=O) groups is 1. The quantitative estimate of drug-likeness (QED) is 0.668. The van der Waals surface area contributed by atoms with E-state index in [1.54, 1.807) is 26.2 Å². The summed E-state index contributed by atoms with van der Waals surface area (Å²) in [6.07, 6.45) is 0. The van der Waals surface area contributed by atoms with Gasteiger partial charge >= 0.3 is 6.03 Å². The first-order valence-electron chi connectivity index (χ1n) is 6.50. The highest BCUT2D eigenvalue weighted by molar-refractivity contribution is 6.02. The van der Waals surface area contributed by atoms with Crippen molar-refractivity contribution < 1.29 is 9.53 Å². The van der Waals surface area contributed by atoms with Crippen molar-refractivity contribution in [2.24, 2.45) is 5.10 Å². The molecule has 0 aliphatic rings. The molecule has 0 unspecified atom stereocenters. The van der Waals surface area contributed by atoms with Gasteiger partial charge in [0, 0.05) is 11.3 Å². The molecule has 5 heteroatoms. The highest BCUT2D eigenvalue weighted by Gasteiger charge is 2.06. The van der Waals surface area contributed by atoms with Crippen molar-refractivity contribution >= 4 is 17.4 Å². The fourth-order valence-corrected chi connectivity index (χ4v) is 1.82. The lowest BCUT2D eigenvalue weighted by Crippen LogP contribution is -2.25. The van der Waals surface area contributed by atoms with Gasteiger partial charge in [-0.15, -0.1) is 0 Å². The number of para-hydroxylation sites is 2. The van der Waals surface area contributed by atoms with E-state index in [2.05, 4.69) is 15.8 Å². The number of anilines is 1. The number of nitrogens with one attached hydrogen (secondary N) is 2. The van der Waals surface area contributed by atoms with E-state index in [-0.39, 0.29) is 0 Å². The van der Waals surface area contributed by atoms with Crippen molar-refractivity contribution in [1.29, 1.82) is 0 Å². The molecule has 0 atom stereocenters. The maximum atomic E-state index is 11.7. The highest BCUT2D eigenvalue weighted by atomic mass is 16.5. The number of amides is 2. The van der Waals surface area contributed by atoms with Crippen molar-refractivity contribution in [1.82, 2.24) is 5.43 Å². The largest absolute Gasteiger partial charge is 0.496 e. The van der Waals surface area contributed by atoms with Crippen LogP contribution in [0.2, 0.25) is 0 Å². The summed E-state index contributed by atoms with van der Waals surface area (Å²) in [5.41, 5.74) is 4.67. The van der Waals surface area contributed by atoms with Gasteiger partial charge in [0.2, 0.25) is 0 Å². The van der Waals surface area contributed by atoms with E-state index >= 15 is 0 Å². The molecule has 21 heavy (non-hydrogen) atoms. The van der Waals surface area contributed by atoms with Crippen LogP contribution >= 0.6 is 0 Å². The lowest BCUT2D eigenvalue weighted by atomic mass is 10.1. The van der Waals surface area contributed by atoms with Gasteiger partial charge in [-0.25, -0.2) is 10.2 Å². The number of benzene rings is 2. The van der Waals surface area contributed by atoms with Crippen LogP contribution in [0.1, 0.15) is 12.5 Å². The Kier molecular flexibility index (Phi) is 4.93. The van der Waals surface area contributed by atoms with E-state index in [9.17, 15) is 4.79 Å². The first-order chi connectivity index (χ1) is 10.2. The standard InChI is InChI=1S/C16H17N3O2/c1-12(14-10-6-7-11-15(14)21-2)18-19-16(20)17-13-8-4-3-5-9-13/h3-11H,1-2H3,(H2,17,19,20)/b18-12-. The Balaban J connectivity index is 2.01. The number of ether oxygens (including phenoxy) is 1. The molecule has 2 rings (SSSR count). The Morgan fingerprint density at radius 3 is 2.43 bits per heavy atom. The Morgan fingerprint density at radius 1 is 1.05 bits per heavy atom. The average Bonchev–Trinajstić information content (AvgIpc) is 2.53. The molecule has 2 N–H and O–H groups in total. The zero-order valence-electron chi connectivity index (χ0n) is 12.0. The van der Waals surface area contributed by atoms with Gasteiger partial charge in [-0.1, -0.05) is 30.3 Å². The van der Waals surface area contributed by atoms with Gasteiger partial charge in [-0.3, -0.25) is 0 Å². The van der Waals surface area contributed by atoms with E-state index in [0.717, 1.165) is 5.56 Å². The molecule has 108 valence electrons. The third-order valence-electron chi connectivity index (χ3n) is 2.85. The van der Waals surface area contributed by atoms with Crippen LogP contribution in [0.5, 0.6) is 5.75 Å². The molecule has 0 heterocycles. The van der Waals surface area contributed by atoms with Gasteiger partial charge < -0.3 is 10.1 Å². The number of hydrazone groups is 1. The molecule has 0 fully saturated rings. The van der Waals surface area contributed by atoms with E-state index in [1.165, 1.54) is 0 Å². The van der Waals surface area contributed by atoms with Gasteiger partial charge in [0.15, 0.2) is 0 Å². The van der Waals surface area contributed by atoms with Crippen LogP contribution in [0.15, 0.2) is 59.7 Å². The lowest BCUT2D eigenvalue weighted by molar-refractivity contribution is 0.252. The molecular weight excluding hydrogens is 266 g/mol. The molecule has 0 aliphatic heterocycles. The zero-order chi connectivity index (χ0) is 15.1. The second kappa shape index (κ2) is 7.09. The number of methoxy groups -OCH3 is 1. The SMILES string of the molecule is COc1ccccc1/C(C)=N\NC(=O)Nc1ccccc1. The summed E-state index contributed by atoms with van der Waals surface area (Å²) in [6, 6.07) is 16.3. The number of nitrogens with zero attached hydrogens (tertiary/aromatic N) is 1. The van der Waals surface area contributed by atoms with Crippen LogP contribution in [0, 0.1) is 0 Å². The summed E-state index contributed by atoms with van der Waals surface area (Å²) >= 11 is 0. The van der Waals surface area contributed by atoms with Gasteiger partial charge in [0.05, 0.1) is 12.8 Å². The van der Waals surface area contributed by atoms with Crippen LogP contribution < -0.4 is 15.5 Å². The van der Waals surface area contributed by atoms with Crippen molar-refractivity contribution in [3.8, 4) is 5.75 Å². The molecule has 2 aromatic carbocycles. The summed E-state index contributed by atoms with van der Waals surface area (Å²) < 4.78 is 5.26. The Bertz CT molecular complexity index is 639. The molecule has 5 nitrogen and oxygen atoms in total. The summed E-state index contributed by atoms with van der Waals surface area (Å²) in [6.45, 7) is 1.81. The molecule has 0 aliphatic carbocycles. The number of carbonyl (C=O) groups excluding carboxylic acids is 1. The average molecular weight is 283 g/mol. The lowest BCUT2D eigenvalue weighted by Gasteiger charge is -2.08. The number of urea groups is 1. The zero-order valence-corrected chi connectivity index (χ0v) is 12.0. The maximum absolute atomic E-state index is 11.7. The third kappa shape index (κ3) is 4.07. The summed E-state index contributed by atoms with van der Waals surface area (Å²) in [5, 5.41) is 6.76.